The molecule has 0 unspecified atom stereocenters. The Bertz CT molecular complexity index is 322. The summed E-state index contributed by atoms with van der Waals surface area (Å²) in [6.45, 7) is 2.90. The van der Waals surface area contributed by atoms with Gasteiger partial charge < -0.3 is 4.74 Å². The molecule has 0 aliphatic carbocycles. The number of morpholine rings is 1. The van der Waals surface area contributed by atoms with Gasteiger partial charge in [0.25, 0.3) is 0 Å². The van der Waals surface area contributed by atoms with Crippen LogP contribution in [-0.4, -0.2) is 30.6 Å². The summed E-state index contributed by atoms with van der Waals surface area (Å²) in [5, 5.41) is 0. The molecule has 0 atom stereocenters. The van der Waals surface area contributed by atoms with Gasteiger partial charge in [0, 0.05) is 24.1 Å². The predicted octanol–water partition coefficient (Wildman–Crippen LogP) is 2.30. The Hall–Kier alpha value is -0.650. The van der Waals surface area contributed by atoms with Crippen molar-refractivity contribution < 1.29 is 13.5 Å². The summed E-state index contributed by atoms with van der Waals surface area (Å²) >= 11 is 1.37. The topological polar surface area (TPSA) is 12.5 Å². The van der Waals surface area contributed by atoms with Crippen molar-refractivity contribution in [3.8, 4) is 0 Å². The molecule has 1 aromatic rings. The SMILES string of the molecule is Fc1cc(F)cc(SN2CCOCC2)c1. The van der Waals surface area contributed by atoms with E-state index in [2.05, 4.69) is 0 Å². The molecular formula is C10H11F2NOS. The van der Waals surface area contributed by atoms with Crippen LogP contribution < -0.4 is 0 Å². The summed E-state index contributed by atoms with van der Waals surface area (Å²) in [6, 6.07) is 3.55. The Morgan fingerprint density at radius 3 is 2.27 bits per heavy atom. The summed E-state index contributed by atoms with van der Waals surface area (Å²) in [7, 11) is 0. The van der Waals surface area contributed by atoms with E-state index >= 15 is 0 Å². The highest BCUT2D eigenvalue weighted by molar-refractivity contribution is 7.97. The number of hydrogen-bond acceptors (Lipinski definition) is 3. The van der Waals surface area contributed by atoms with E-state index in [1.54, 1.807) is 0 Å². The molecule has 1 heterocycles. The molecule has 2 rings (SSSR count). The molecule has 1 aliphatic heterocycles. The lowest BCUT2D eigenvalue weighted by atomic mass is 10.3. The first-order chi connectivity index (χ1) is 7.24. The molecule has 0 bridgehead atoms. The van der Waals surface area contributed by atoms with Gasteiger partial charge in [-0.15, -0.1) is 0 Å². The minimum atomic E-state index is -0.536. The van der Waals surface area contributed by atoms with E-state index in [1.165, 1.54) is 24.1 Å². The minimum Gasteiger partial charge on any atom is -0.379 e. The van der Waals surface area contributed by atoms with Gasteiger partial charge in [-0.3, -0.25) is 0 Å². The van der Waals surface area contributed by atoms with E-state index in [0.29, 0.717) is 18.1 Å². The van der Waals surface area contributed by atoms with E-state index < -0.39 is 11.6 Å². The fraction of sp³-hybridized carbons (Fsp3) is 0.400. The summed E-state index contributed by atoms with van der Waals surface area (Å²) < 4.78 is 33.0. The second-order valence-corrected chi connectivity index (χ2v) is 4.41. The number of nitrogens with zero attached hydrogens (tertiary/aromatic N) is 1. The first-order valence-corrected chi connectivity index (χ1v) is 5.48. The van der Waals surface area contributed by atoms with Gasteiger partial charge in [-0.25, -0.2) is 13.1 Å². The van der Waals surface area contributed by atoms with E-state index in [9.17, 15) is 8.78 Å². The number of hydrogen-bond donors (Lipinski definition) is 0. The first-order valence-electron chi connectivity index (χ1n) is 4.71. The maximum Gasteiger partial charge on any atom is 0.127 e. The van der Waals surface area contributed by atoms with E-state index in [4.69, 9.17) is 4.74 Å². The van der Waals surface area contributed by atoms with Crippen molar-refractivity contribution in [1.29, 1.82) is 0 Å². The zero-order valence-electron chi connectivity index (χ0n) is 8.08. The molecular weight excluding hydrogens is 220 g/mol. The maximum atomic E-state index is 12.9. The monoisotopic (exact) mass is 231 g/mol. The van der Waals surface area contributed by atoms with E-state index in [0.717, 1.165) is 19.2 Å². The van der Waals surface area contributed by atoms with Gasteiger partial charge in [0.05, 0.1) is 13.2 Å². The lowest BCUT2D eigenvalue weighted by Crippen LogP contribution is -2.30. The van der Waals surface area contributed by atoms with Crippen LogP contribution in [0.25, 0.3) is 0 Å². The van der Waals surface area contributed by atoms with Gasteiger partial charge in [-0.2, -0.15) is 0 Å². The molecule has 0 spiro atoms. The number of benzene rings is 1. The van der Waals surface area contributed by atoms with Gasteiger partial charge in [0.2, 0.25) is 0 Å². The third-order valence-electron chi connectivity index (χ3n) is 2.04. The molecule has 15 heavy (non-hydrogen) atoms. The van der Waals surface area contributed by atoms with Crippen molar-refractivity contribution in [3.05, 3.63) is 29.8 Å². The molecule has 1 saturated heterocycles. The average Bonchev–Trinajstić information content (AvgIpc) is 2.17. The van der Waals surface area contributed by atoms with Gasteiger partial charge >= 0.3 is 0 Å². The highest BCUT2D eigenvalue weighted by atomic mass is 32.2. The summed E-state index contributed by atoms with van der Waals surface area (Å²) in [5.41, 5.74) is 0. The fourth-order valence-electron chi connectivity index (χ4n) is 1.37. The van der Waals surface area contributed by atoms with Crippen molar-refractivity contribution in [1.82, 2.24) is 4.31 Å². The molecule has 82 valence electrons. The Kier molecular flexibility index (Phi) is 3.56. The largest absolute Gasteiger partial charge is 0.379 e. The van der Waals surface area contributed by atoms with Crippen molar-refractivity contribution in [2.24, 2.45) is 0 Å². The van der Waals surface area contributed by atoms with Crippen LogP contribution in [0.2, 0.25) is 0 Å². The van der Waals surface area contributed by atoms with Crippen LogP contribution in [0.5, 0.6) is 0 Å². The molecule has 2 nitrogen and oxygen atoms in total. The second kappa shape index (κ2) is 4.92. The van der Waals surface area contributed by atoms with Crippen LogP contribution in [-0.2, 0) is 4.74 Å². The molecule has 1 aromatic carbocycles. The Morgan fingerprint density at radius 1 is 1.07 bits per heavy atom. The zero-order chi connectivity index (χ0) is 10.7. The van der Waals surface area contributed by atoms with E-state index in [1.807, 2.05) is 4.31 Å². The Morgan fingerprint density at radius 2 is 1.67 bits per heavy atom. The molecule has 5 heteroatoms. The summed E-state index contributed by atoms with van der Waals surface area (Å²) in [5.74, 6) is -1.07. The molecule has 0 amide bonds. The average molecular weight is 231 g/mol. The number of ether oxygens (including phenoxy) is 1. The highest BCUT2D eigenvalue weighted by Gasteiger charge is 2.12. The summed E-state index contributed by atoms with van der Waals surface area (Å²) in [4.78, 5) is 0.592. The van der Waals surface area contributed by atoms with Crippen molar-refractivity contribution in [2.75, 3.05) is 26.3 Å². The zero-order valence-corrected chi connectivity index (χ0v) is 8.90. The standard InChI is InChI=1S/C10H11F2NOS/c11-8-5-9(12)7-10(6-8)15-13-1-3-14-4-2-13/h5-7H,1-4H2. The van der Waals surface area contributed by atoms with Crippen LogP contribution in [0.1, 0.15) is 0 Å². The highest BCUT2D eigenvalue weighted by Crippen LogP contribution is 2.24. The molecule has 1 fully saturated rings. The molecule has 0 radical (unpaired) electrons. The van der Waals surface area contributed by atoms with Gasteiger partial charge in [0.1, 0.15) is 11.6 Å². The van der Waals surface area contributed by atoms with Crippen molar-refractivity contribution in [2.45, 2.75) is 4.90 Å². The molecule has 1 aliphatic rings. The van der Waals surface area contributed by atoms with Crippen molar-refractivity contribution >= 4 is 11.9 Å². The molecule has 0 aromatic heterocycles. The lowest BCUT2D eigenvalue weighted by molar-refractivity contribution is 0.0773. The normalized spacial score (nSPS) is 18.0. The van der Waals surface area contributed by atoms with Crippen LogP contribution >= 0.6 is 11.9 Å². The second-order valence-electron chi connectivity index (χ2n) is 3.24. The molecule has 0 saturated carbocycles. The third-order valence-corrected chi connectivity index (χ3v) is 3.11. The minimum absolute atomic E-state index is 0.536. The van der Waals surface area contributed by atoms with Gasteiger partial charge in [0.15, 0.2) is 0 Å². The molecule has 0 N–H and O–H groups in total. The quantitative estimate of drug-likeness (QED) is 0.725. The van der Waals surface area contributed by atoms with Crippen molar-refractivity contribution in [3.63, 3.8) is 0 Å². The Balaban J connectivity index is 2.02. The number of rotatable bonds is 2. The summed E-state index contributed by atoms with van der Waals surface area (Å²) in [6.07, 6.45) is 0. The predicted molar refractivity (Wildman–Crippen MR) is 54.6 cm³/mol. The smallest absolute Gasteiger partial charge is 0.127 e. The van der Waals surface area contributed by atoms with Crippen LogP contribution in [0, 0.1) is 11.6 Å². The third kappa shape index (κ3) is 3.15. The Labute approximate surface area is 91.3 Å². The van der Waals surface area contributed by atoms with E-state index in [-0.39, 0.29) is 0 Å². The van der Waals surface area contributed by atoms with Crippen LogP contribution in [0.4, 0.5) is 8.78 Å². The van der Waals surface area contributed by atoms with Crippen LogP contribution in [0.15, 0.2) is 23.1 Å². The van der Waals surface area contributed by atoms with Gasteiger partial charge in [-0.1, -0.05) is 0 Å². The number of halogens is 2. The first kappa shape index (κ1) is 10.9. The lowest BCUT2D eigenvalue weighted by Gasteiger charge is -2.25. The van der Waals surface area contributed by atoms with Crippen LogP contribution in [0.3, 0.4) is 0 Å². The fourth-order valence-corrected chi connectivity index (χ4v) is 2.33. The van der Waals surface area contributed by atoms with Gasteiger partial charge in [-0.05, 0) is 24.1 Å². The maximum absolute atomic E-state index is 12.9.